The molecular formula is C18H29N3O. The molecule has 0 bridgehead atoms. The summed E-state index contributed by atoms with van der Waals surface area (Å²) in [5.74, 6) is 0.0709. The first kappa shape index (κ1) is 16.8. The van der Waals surface area contributed by atoms with E-state index in [9.17, 15) is 4.79 Å². The van der Waals surface area contributed by atoms with Gasteiger partial charge in [-0.1, -0.05) is 6.92 Å². The molecule has 1 aliphatic heterocycles. The van der Waals surface area contributed by atoms with Crippen LogP contribution in [0.1, 0.15) is 46.0 Å². The summed E-state index contributed by atoms with van der Waals surface area (Å²) in [5, 5.41) is 6.30. The van der Waals surface area contributed by atoms with Gasteiger partial charge in [-0.25, -0.2) is 0 Å². The second-order valence-electron chi connectivity index (χ2n) is 6.16. The van der Waals surface area contributed by atoms with Crippen molar-refractivity contribution in [2.24, 2.45) is 0 Å². The molecule has 1 aromatic carbocycles. The summed E-state index contributed by atoms with van der Waals surface area (Å²) in [6, 6.07) is 8.70. The lowest BCUT2D eigenvalue weighted by atomic mass is 10.1. The summed E-state index contributed by atoms with van der Waals surface area (Å²) in [5.41, 5.74) is 2.14. The molecule has 2 N–H and O–H groups in total. The topological polar surface area (TPSA) is 44.4 Å². The van der Waals surface area contributed by atoms with Crippen LogP contribution in [0.15, 0.2) is 24.3 Å². The average Bonchev–Trinajstić information content (AvgIpc) is 2.56. The first-order valence-corrected chi connectivity index (χ1v) is 8.57. The van der Waals surface area contributed by atoms with Crippen molar-refractivity contribution in [2.75, 3.05) is 29.9 Å². The van der Waals surface area contributed by atoms with E-state index in [4.69, 9.17) is 0 Å². The van der Waals surface area contributed by atoms with E-state index < -0.39 is 0 Å². The zero-order valence-electron chi connectivity index (χ0n) is 13.9. The molecule has 0 aromatic heterocycles. The van der Waals surface area contributed by atoms with E-state index in [0.717, 1.165) is 31.7 Å². The van der Waals surface area contributed by atoms with Gasteiger partial charge >= 0.3 is 0 Å². The van der Waals surface area contributed by atoms with E-state index in [1.54, 1.807) is 0 Å². The Kier molecular flexibility index (Phi) is 6.72. The lowest BCUT2D eigenvalue weighted by Crippen LogP contribution is -2.29. The molecule has 0 saturated carbocycles. The van der Waals surface area contributed by atoms with E-state index >= 15 is 0 Å². The normalized spacial score (nSPS) is 16.4. The van der Waals surface area contributed by atoms with Crippen LogP contribution in [0.2, 0.25) is 0 Å². The van der Waals surface area contributed by atoms with Crippen LogP contribution in [-0.4, -0.2) is 31.6 Å². The van der Waals surface area contributed by atoms with Crippen LogP contribution in [0.3, 0.4) is 0 Å². The second kappa shape index (κ2) is 8.79. The molecule has 1 aromatic rings. The summed E-state index contributed by atoms with van der Waals surface area (Å²) >= 11 is 0. The monoisotopic (exact) mass is 303 g/mol. The van der Waals surface area contributed by atoms with Crippen molar-refractivity contribution < 1.29 is 4.79 Å². The highest BCUT2D eigenvalue weighted by Gasteiger charge is 2.11. The van der Waals surface area contributed by atoms with Gasteiger partial charge in [0.1, 0.15) is 0 Å². The highest BCUT2D eigenvalue weighted by atomic mass is 16.1. The fourth-order valence-electron chi connectivity index (χ4n) is 2.71. The van der Waals surface area contributed by atoms with E-state index in [-0.39, 0.29) is 5.91 Å². The molecule has 0 aliphatic carbocycles. The van der Waals surface area contributed by atoms with Crippen LogP contribution in [0.5, 0.6) is 0 Å². The summed E-state index contributed by atoms with van der Waals surface area (Å²) < 4.78 is 0. The number of hydrogen-bond donors (Lipinski definition) is 2. The Bertz CT molecular complexity index is 452. The van der Waals surface area contributed by atoms with E-state index in [1.807, 2.05) is 12.1 Å². The number of hydrogen-bond acceptors (Lipinski definition) is 3. The minimum atomic E-state index is 0.0709. The molecule has 2 rings (SSSR count). The lowest BCUT2D eigenvalue weighted by molar-refractivity contribution is -0.116. The van der Waals surface area contributed by atoms with Gasteiger partial charge in [-0.05, 0) is 56.9 Å². The molecule has 122 valence electrons. The van der Waals surface area contributed by atoms with Gasteiger partial charge in [0, 0.05) is 43.5 Å². The highest BCUT2D eigenvalue weighted by molar-refractivity contribution is 5.91. The fourth-order valence-corrected chi connectivity index (χ4v) is 2.71. The minimum Gasteiger partial charge on any atom is -0.372 e. The molecule has 1 saturated heterocycles. The predicted molar refractivity (Wildman–Crippen MR) is 93.5 cm³/mol. The number of piperidine rings is 1. The number of carbonyl (C=O) groups is 1. The summed E-state index contributed by atoms with van der Waals surface area (Å²) in [6.07, 6.45) is 5.50. The zero-order valence-corrected chi connectivity index (χ0v) is 13.9. The van der Waals surface area contributed by atoms with Crippen LogP contribution in [0.4, 0.5) is 11.4 Å². The number of anilines is 2. The van der Waals surface area contributed by atoms with E-state index in [1.165, 1.54) is 24.9 Å². The molecule has 1 heterocycles. The van der Waals surface area contributed by atoms with Crippen molar-refractivity contribution >= 4 is 17.3 Å². The maximum atomic E-state index is 11.9. The molecule has 0 spiro atoms. The third-order valence-corrected chi connectivity index (χ3v) is 4.33. The standard InChI is InChI=1S/C18H29N3O/c1-3-15(2)19-12-11-18(22)20-16-7-9-17(10-8-16)21-13-5-4-6-14-21/h7-10,15,19H,3-6,11-14H2,1-2H3,(H,20,22). The van der Waals surface area contributed by atoms with Crippen LogP contribution < -0.4 is 15.5 Å². The predicted octanol–water partition coefficient (Wildman–Crippen LogP) is 3.39. The summed E-state index contributed by atoms with van der Waals surface area (Å²) in [7, 11) is 0. The Hall–Kier alpha value is -1.55. The third-order valence-electron chi connectivity index (χ3n) is 4.33. The van der Waals surface area contributed by atoms with Crippen molar-refractivity contribution in [2.45, 2.75) is 52.0 Å². The third kappa shape index (κ3) is 5.34. The van der Waals surface area contributed by atoms with Gasteiger partial charge < -0.3 is 15.5 Å². The van der Waals surface area contributed by atoms with Gasteiger partial charge in [0.25, 0.3) is 0 Å². The van der Waals surface area contributed by atoms with Gasteiger partial charge in [0.15, 0.2) is 0 Å². The summed E-state index contributed by atoms with van der Waals surface area (Å²) in [4.78, 5) is 14.3. The molecule has 1 atom stereocenters. The maximum absolute atomic E-state index is 11.9. The van der Waals surface area contributed by atoms with Crippen molar-refractivity contribution in [3.8, 4) is 0 Å². The van der Waals surface area contributed by atoms with Gasteiger partial charge in [0.05, 0.1) is 0 Å². The number of rotatable bonds is 7. The second-order valence-corrected chi connectivity index (χ2v) is 6.16. The van der Waals surface area contributed by atoms with Crippen molar-refractivity contribution in [1.29, 1.82) is 0 Å². The lowest BCUT2D eigenvalue weighted by Gasteiger charge is -2.28. The number of benzene rings is 1. The van der Waals surface area contributed by atoms with Gasteiger partial charge in [-0.15, -0.1) is 0 Å². The Balaban J connectivity index is 1.76. The Morgan fingerprint density at radius 1 is 1.18 bits per heavy atom. The first-order chi connectivity index (χ1) is 10.7. The smallest absolute Gasteiger partial charge is 0.225 e. The van der Waals surface area contributed by atoms with Gasteiger partial charge in [0.2, 0.25) is 5.91 Å². The molecule has 1 unspecified atom stereocenters. The Labute approximate surface area is 134 Å². The van der Waals surface area contributed by atoms with E-state index in [2.05, 4.69) is 41.5 Å². The maximum Gasteiger partial charge on any atom is 0.225 e. The molecule has 22 heavy (non-hydrogen) atoms. The van der Waals surface area contributed by atoms with Crippen molar-refractivity contribution in [3.05, 3.63) is 24.3 Å². The SMILES string of the molecule is CCC(C)NCCC(=O)Nc1ccc(N2CCCCC2)cc1. The number of amides is 1. The van der Waals surface area contributed by atoms with Crippen LogP contribution in [-0.2, 0) is 4.79 Å². The Morgan fingerprint density at radius 2 is 1.86 bits per heavy atom. The number of nitrogens with zero attached hydrogens (tertiary/aromatic N) is 1. The zero-order chi connectivity index (χ0) is 15.8. The number of nitrogens with one attached hydrogen (secondary N) is 2. The molecule has 1 aliphatic rings. The van der Waals surface area contributed by atoms with Crippen LogP contribution in [0.25, 0.3) is 0 Å². The molecule has 1 fully saturated rings. The first-order valence-electron chi connectivity index (χ1n) is 8.57. The quantitative estimate of drug-likeness (QED) is 0.811. The molecule has 4 heteroatoms. The average molecular weight is 303 g/mol. The summed E-state index contributed by atoms with van der Waals surface area (Å²) in [6.45, 7) is 7.30. The number of carbonyl (C=O) groups excluding carboxylic acids is 1. The van der Waals surface area contributed by atoms with E-state index in [0.29, 0.717) is 12.5 Å². The molecule has 4 nitrogen and oxygen atoms in total. The minimum absolute atomic E-state index is 0.0709. The van der Waals surface area contributed by atoms with Crippen molar-refractivity contribution in [3.63, 3.8) is 0 Å². The van der Waals surface area contributed by atoms with Crippen molar-refractivity contribution in [1.82, 2.24) is 5.32 Å². The highest BCUT2D eigenvalue weighted by Crippen LogP contribution is 2.21. The van der Waals surface area contributed by atoms with Crippen LogP contribution in [0, 0.1) is 0 Å². The fraction of sp³-hybridized carbons (Fsp3) is 0.611. The van der Waals surface area contributed by atoms with Gasteiger partial charge in [-0.2, -0.15) is 0 Å². The van der Waals surface area contributed by atoms with Gasteiger partial charge in [-0.3, -0.25) is 4.79 Å². The molecular weight excluding hydrogens is 274 g/mol. The van der Waals surface area contributed by atoms with Crippen LogP contribution >= 0.6 is 0 Å². The molecule has 1 amide bonds. The molecule has 0 radical (unpaired) electrons. The Morgan fingerprint density at radius 3 is 2.50 bits per heavy atom. The largest absolute Gasteiger partial charge is 0.372 e.